The molecule has 0 aliphatic heterocycles. The lowest BCUT2D eigenvalue weighted by Gasteiger charge is -2.11. The van der Waals surface area contributed by atoms with Gasteiger partial charge in [0, 0.05) is 11.8 Å². The summed E-state index contributed by atoms with van der Waals surface area (Å²) < 4.78 is 0. The van der Waals surface area contributed by atoms with Crippen LogP contribution in [0.25, 0.3) is 0 Å². The van der Waals surface area contributed by atoms with E-state index in [0.29, 0.717) is 5.69 Å². The molecule has 3 N–H and O–H groups in total. The summed E-state index contributed by atoms with van der Waals surface area (Å²) in [7, 11) is 0. The summed E-state index contributed by atoms with van der Waals surface area (Å²) in [5.41, 5.74) is -0.141. The maximum absolute atomic E-state index is 12.1. The SMILES string of the molecule is O=C(NC(=S)Nc1cc(Cl)c(O)c(Cl)c1)c1ccccc1[N+](=O)[O-]. The first-order chi connectivity index (χ1) is 11.3. The Labute approximate surface area is 151 Å². The largest absolute Gasteiger partial charge is 0.505 e. The Balaban J connectivity index is 2.13. The Bertz CT molecular complexity index is 822. The van der Waals surface area contributed by atoms with Gasteiger partial charge in [-0.1, -0.05) is 35.3 Å². The van der Waals surface area contributed by atoms with Crippen molar-refractivity contribution in [2.24, 2.45) is 0 Å². The van der Waals surface area contributed by atoms with Crippen molar-refractivity contribution >= 4 is 57.8 Å². The maximum atomic E-state index is 12.1. The third kappa shape index (κ3) is 4.10. The minimum Gasteiger partial charge on any atom is -0.505 e. The number of amides is 1. The molecule has 0 saturated heterocycles. The molecule has 2 aromatic rings. The zero-order valence-corrected chi connectivity index (χ0v) is 14.1. The molecule has 0 fully saturated rings. The van der Waals surface area contributed by atoms with Crippen LogP contribution in [0.5, 0.6) is 5.75 Å². The maximum Gasteiger partial charge on any atom is 0.282 e. The highest BCUT2D eigenvalue weighted by Crippen LogP contribution is 2.34. The molecular weight excluding hydrogens is 377 g/mol. The van der Waals surface area contributed by atoms with E-state index in [1.165, 1.54) is 36.4 Å². The molecule has 7 nitrogen and oxygen atoms in total. The standard InChI is InChI=1S/C14H9Cl2N3O4S/c15-9-5-7(6-10(16)12(9)20)17-14(24)18-13(21)8-3-1-2-4-11(8)19(22)23/h1-6,20H,(H2,17,18,21,24). The number of benzene rings is 2. The van der Waals surface area contributed by atoms with Gasteiger partial charge in [-0.15, -0.1) is 0 Å². The van der Waals surface area contributed by atoms with Crippen LogP contribution in [0.15, 0.2) is 36.4 Å². The number of hydrogen-bond donors (Lipinski definition) is 3. The van der Waals surface area contributed by atoms with Gasteiger partial charge in [0.25, 0.3) is 11.6 Å². The summed E-state index contributed by atoms with van der Waals surface area (Å²) in [6, 6.07) is 8.18. The smallest absolute Gasteiger partial charge is 0.282 e. The van der Waals surface area contributed by atoms with Crippen LogP contribution in [0.2, 0.25) is 10.0 Å². The van der Waals surface area contributed by atoms with E-state index in [4.69, 9.17) is 35.4 Å². The number of nitro groups is 1. The molecular formula is C14H9Cl2N3O4S. The Morgan fingerprint density at radius 2 is 1.79 bits per heavy atom. The van der Waals surface area contributed by atoms with Gasteiger partial charge in [-0.25, -0.2) is 0 Å². The number of nitrogens with zero attached hydrogens (tertiary/aromatic N) is 1. The fraction of sp³-hybridized carbons (Fsp3) is 0. The van der Waals surface area contributed by atoms with Crippen molar-refractivity contribution < 1.29 is 14.8 Å². The number of nitro benzene ring substituents is 1. The number of phenolic OH excluding ortho intramolecular Hbond substituents is 1. The first-order valence-corrected chi connectivity index (χ1v) is 7.49. The zero-order chi connectivity index (χ0) is 17.9. The Morgan fingerprint density at radius 3 is 2.38 bits per heavy atom. The minimum absolute atomic E-state index is 0.00202. The van der Waals surface area contributed by atoms with Crippen LogP contribution in [0.1, 0.15) is 10.4 Å². The molecule has 1 amide bonds. The predicted octanol–water partition coefficient (Wildman–Crippen LogP) is 3.73. The normalized spacial score (nSPS) is 10.1. The lowest BCUT2D eigenvalue weighted by molar-refractivity contribution is -0.385. The lowest BCUT2D eigenvalue weighted by atomic mass is 10.1. The van der Waals surface area contributed by atoms with Gasteiger partial charge in [-0.05, 0) is 30.4 Å². The van der Waals surface area contributed by atoms with E-state index >= 15 is 0 Å². The summed E-state index contributed by atoms with van der Waals surface area (Å²) in [6.45, 7) is 0. The third-order valence-corrected chi connectivity index (χ3v) is 3.63. The Kier molecular flexibility index (Phi) is 5.55. The summed E-state index contributed by atoms with van der Waals surface area (Å²) in [6.07, 6.45) is 0. The number of halogens is 2. The number of anilines is 1. The van der Waals surface area contributed by atoms with Crippen molar-refractivity contribution in [1.29, 1.82) is 0 Å². The topological polar surface area (TPSA) is 104 Å². The van der Waals surface area contributed by atoms with Crippen LogP contribution < -0.4 is 10.6 Å². The molecule has 2 aromatic carbocycles. The Hall–Kier alpha value is -2.42. The van der Waals surface area contributed by atoms with Crippen molar-refractivity contribution in [3.8, 4) is 5.75 Å². The van der Waals surface area contributed by atoms with E-state index in [1.807, 2.05) is 0 Å². The van der Waals surface area contributed by atoms with Crippen LogP contribution in [0, 0.1) is 10.1 Å². The zero-order valence-electron chi connectivity index (χ0n) is 11.7. The molecule has 124 valence electrons. The second-order valence-corrected chi connectivity index (χ2v) is 5.69. The predicted molar refractivity (Wildman–Crippen MR) is 94.9 cm³/mol. The molecule has 0 spiro atoms. The number of aromatic hydroxyl groups is 1. The number of nitrogens with one attached hydrogen (secondary N) is 2. The molecule has 0 saturated carbocycles. The van der Waals surface area contributed by atoms with Crippen LogP contribution in [0.4, 0.5) is 11.4 Å². The highest BCUT2D eigenvalue weighted by molar-refractivity contribution is 7.80. The second kappa shape index (κ2) is 7.43. The van der Waals surface area contributed by atoms with Crippen molar-refractivity contribution in [2.75, 3.05) is 5.32 Å². The first kappa shape index (κ1) is 17.9. The van der Waals surface area contributed by atoms with Crippen molar-refractivity contribution in [2.45, 2.75) is 0 Å². The molecule has 0 radical (unpaired) electrons. The van der Waals surface area contributed by atoms with Crippen molar-refractivity contribution in [1.82, 2.24) is 5.32 Å². The number of hydrogen-bond acceptors (Lipinski definition) is 5. The fourth-order valence-corrected chi connectivity index (χ4v) is 2.49. The van der Waals surface area contributed by atoms with E-state index in [9.17, 15) is 20.0 Å². The van der Waals surface area contributed by atoms with Gasteiger partial charge in [0.15, 0.2) is 10.9 Å². The molecule has 0 aliphatic rings. The number of carbonyl (C=O) groups is 1. The minimum atomic E-state index is -0.740. The Morgan fingerprint density at radius 1 is 1.21 bits per heavy atom. The molecule has 10 heteroatoms. The van der Waals surface area contributed by atoms with Crippen molar-refractivity contribution in [3.63, 3.8) is 0 Å². The van der Waals surface area contributed by atoms with Crippen LogP contribution in [-0.2, 0) is 0 Å². The van der Waals surface area contributed by atoms with Gasteiger partial charge in [0.05, 0.1) is 15.0 Å². The quantitative estimate of drug-likeness (QED) is 0.321. The molecule has 0 bridgehead atoms. The van der Waals surface area contributed by atoms with Crippen LogP contribution in [0.3, 0.4) is 0 Å². The van der Waals surface area contributed by atoms with Gasteiger partial charge >= 0.3 is 0 Å². The summed E-state index contributed by atoms with van der Waals surface area (Å²) in [4.78, 5) is 22.4. The number of phenols is 1. The van der Waals surface area contributed by atoms with E-state index in [-0.39, 0.29) is 32.2 Å². The number of carbonyl (C=O) groups excluding carboxylic acids is 1. The molecule has 0 aromatic heterocycles. The van der Waals surface area contributed by atoms with E-state index in [2.05, 4.69) is 10.6 Å². The van der Waals surface area contributed by atoms with Gasteiger partial charge in [0.1, 0.15) is 5.56 Å². The van der Waals surface area contributed by atoms with E-state index in [0.717, 1.165) is 0 Å². The summed E-state index contributed by atoms with van der Waals surface area (Å²) in [5, 5.41) is 25.3. The van der Waals surface area contributed by atoms with E-state index in [1.54, 1.807) is 0 Å². The summed E-state index contributed by atoms with van der Waals surface area (Å²) >= 11 is 16.5. The third-order valence-electron chi connectivity index (χ3n) is 2.85. The van der Waals surface area contributed by atoms with Crippen LogP contribution in [-0.4, -0.2) is 21.0 Å². The average molecular weight is 386 g/mol. The number of rotatable bonds is 3. The van der Waals surface area contributed by atoms with Crippen molar-refractivity contribution in [3.05, 3.63) is 62.1 Å². The number of thiocarbonyl (C=S) groups is 1. The average Bonchev–Trinajstić information content (AvgIpc) is 2.52. The highest BCUT2D eigenvalue weighted by atomic mass is 35.5. The van der Waals surface area contributed by atoms with Gasteiger partial charge < -0.3 is 10.4 Å². The molecule has 0 aliphatic carbocycles. The molecule has 24 heavy (non-hydrogen) atoms. The molecule has 0 atom stereocenters. The highest BCUT2D eigenvalue weighted by Gasteiger charge is 2.20. The fourth-order valence-electron chi connectivity index (χ4n) is 1.80. The lowest BCUT2D eigenvalue weighted by Crippen LogP contribution is -2.34. The second-order valence-electron chi connectivity index (χ2n) is 4.47. The molecule has 0 heterocycles. The van der Waals surface area contributed by atoms with E-state index < -0.39 is 10.8 Å². The number of para-hydroxylation sites is 1. The van der Waals surface area contributed by atoms with Gasteiger partial charge in [-0.2, -0.15) is 0 Å². The monoisotopic (exact) mass is 385 g/mol. The van der Waals surface area contributed by atoms with Gasteiger partial charge in [0.2, 0.25) is 0 Å². The molecule has 2 rings (SSSR count). The van der Waals surface area contributed by atoms with Crippen LogP contribution >= 0.6 is 35.4 Å². The van der Waals surface area contributed by atoms with Gasteiger partial charge in [-0.3, -0.25) is 20.2 Å². The summed E-state index contributed by atoms with van der Waals surface area (Å²) in [5.74, 6) is -1.02. The first-order valence-electron chi connectivity index (χ1n) is 6.33. The molecule has 0 unspecified atom stereocenters.